The van der Waals surface area contributed by atoms with Crippen molar-refractivity contribution in [3.63, 3.8) is 0 Å². The average Bonchev–Trinajstić information content (AvgIpc) is 2.62. The van der Waals surface area contributed by atoms with Crippen LogP contribution in [0.1, 0.15) is 12.8 Å². The van der Waals surface area contributed by atoms with E-state index in [4.69, 9.17) is 4.74 Å². The van der Waals surface area contributed by atoms with Crippen molar-refractivity contribution >= 4 is 0 Å². The van der Waals surface area contributed by atoms with Gasteiger partial charge in [-0.05, 0) is 18.8 Å². The second-order valence-electron chi connectivity index (χ2n) is 3.55. The molecule has 0 aliphatic heterocycles. The maximum absolute atomic E-state index is 5.51. The predicted octanol–water partition coefficient (Wildman–Crippen LogP) is 2.15. The lowest BCUT2D eigenvalue weighted by molar-refractivity contribution is 0.0115. The van der Waals surface area contributed by atoms with Crippen molar-refractivity contribution in [3.8, 4) is 0 Å². The minimum absolute atomic E-state index is 0.0284. The Balaban J connectivity index is 2.28. The standard InChI is InChI=1S/C10H14O/c1-3-10(11-2)7-8-4-5-9(10)6-8/h3-5,8-9H,1,6-7H2,2H3/t8?,9?,10-/m0/s1. The Bertz CT molecular complexity index is 207. The Labute approximate surface area is 67.7 Å². The molecule has 1 saturated carbocycles. The molecule has 11 heavy (non-hydrogen) atoms. The van der Waals surface area contributed by atoms with Crippen LogP contribution in [0.2, 0.25) is 0 Å². The lowest BCUT2D eigenvalue weighted by Gasteiger charge is -2.30. The SMILES string of the molecule is C=C[C@]1(OC)CC2C=CC1C2. The minimum atomic E-state index is -0.0284. The predicted molar refractivity (Wildman–Crippen MR) is 45.3 cm³/mol. The molecule has 2 aliphatic carbocycles. The summed E-state index contributed by atoms with van der Waals surface area (Å²) in [4.78, 5) is 0. The quantitative estimate of drug-likeness (QED) is 0.548. The van der Waals surface area contributed by atoms with Gasteiger partial charge in [-0.1, -0.05) is 18.2 Å². The van der Waals surface area contributed by atoms with Crippen LogP contribution in [0.25, 0.3) is 0 Å². The molecule has 0 N–H and O–H groups in total. The number of hydrogen-bond donors (Lipinski definition) is 0. The molecule has 1 nitrogen and oxygen atoms in total. The summed E-state index contributed by atoms with van der Waals surface area (Å²) in [5.41, 5.74) is -0.0284. The first kappa shape index (κ1) is 7.11. The third-order valence-electron chi connectivity index (χ3n) is 3.11. The van der Waals surface area contributed by atoms with Gasteiger partial charge in [0.05, 0.1) is 5.60 Å². The molecule has 1 heteroatoms. The molecule has 2 unspecified atom stereocenters. The zero-order chi connectivity index (χ0) is 7.90. The molecule has 0 aromatic heterocycles. The number of methoxy groups -OCH3 is 1. The zero-order valence-corrected chi connectivity index (χ0v) is 6.92. The van der Waals surface area contributed by atoms with Crippen molar-refractivity contribution in [2.45, 2.75) is 18.4 Å². The van der Waals surface area contributed by atoms with Crippen LogP contribution in [0.4, 0.5) is 0 Å². The maximum Gasteiger partial charge on any atom is 0.0924 e. The van der Waals surface area contributed by atoms with Gasteiger partial charge in [0, 0.05) is 13.0 Å². The van der Waals surface area contributed by atoms with Crippen LogP contribution in [0.3, 0.4) is 0 Å². The number of rotatable bonds is 2. The molecule has 0 aromatic rings. The molecule has 2 bridgehead atoms. The lowest BCUT2D eigenvalue weighted by Crippen LogP contribution is -2.33. The van der Waals surface area contributed by atoms with Crippen molar-refractivity contribution in [1.82, 2.24) is 0 Å². The fraction of sp³-hybridized carbons (Fsp3) is 0.600. The van der Waals surface area contributed by atoms with E-state index in [1.165, 1.54) is 6.42 Å². The first-order valence-electron chi connectivity index (χ1n) is 4.18. The van der Waals surface area contributed by atoms with Gasteiger partial charge in [0.15, 0.2) is 0 Å². The number of hydrogen-bond acceptors (Lipinski definition) is 1. The maximum atomic E-state index is 5.51. The highest BCUT2D eigenvalue weighted by Crippen LogP contribution is 2.48. The van der Waals surface area contributed by atoms with Crippen LogP contribution in [-0.2, 0) is 4.74 Å². The fourth-order valence-corrected chi connectivity index (χ4v) is 2.40. The Morgan fingerprint density at radius 1 is 1.64 bits per heavy atom. The Kier molecular flexibility index (Phi) is 1.43. The summed E-state index contributed by atoms with van der Waals surface area (Å²) in [6.07, 6.45) is 8.96. The van der Waals surface area contributed by atoms with E-state index in [0.717, 1.165) is 12.3 Å². The van der Waals surface area contributed by atoms with Crippen LogP contribution in [0.15, 0.2) is 24.8 Å². The van der Waals surface area contributed by atoms with E-state index in [9.17, 15) is 0 Å². The third-order valence-corrected chi connectivity index (χ3v) is 3.11. The van der Waals surface area contributed by atoms with Gasteiger partial charge in [-0.3, -0.25) is 0 Å². The molecule has 2 rings (SSSR count). The van der Waals surface area contributed by atoms with E-state index < -0.39 is 0 Å². The summed E-state index contributed by atoms with van der Waals surface area (Å²) >= 11 is 0. The van der Waals surface area contributed by atoms with Crippen LogP contribution in [0, 0.1) is 11.8 Å². The van der Waals surface area contributed by atoms with E-state index >= 15 is 0 Å². The molecule has 0 spiro atoms. The van der Waals surface area contributed by atoms with Gasteiger partial charge in [0.25, 0.3) is 0 Å². The normalized spacial score (nSPS) is 46.6. The molecule has 0 amide bonds. The molecular formula is C10H14O. The highest BCUT2D eigenvalue weighted by Gasteiger charge is 2.46. The Hall–Kier alpha value is -0.560. The van der Waals surface area contributed by atoms with Crippen molar-refractivity contribution in [1.29, 1.82) is 0 Å². The molecule has 0 saturated heterocycles. The van der Waals surface area contributed by atoms with Gasteiger partial charge in [-0.15, -0.1) is 6.58 Å². The van der Waals surface area contributed by atoms with E-state index in [2.05, 4.69) is 18.7 Å². The summed E-state index contributed by atoms with van der Waals surface area (Å²) in [6.45, 7) is 3.85. The summed E-state index contributed by atoms with van der Waals surface area (Å²) < 4.78 is 5.51. The first-order valence-corrected chi connectivity index (χ1v) is 4.18. The fourth-order valence-electron chi connectivity index (χ4n) is 2.40. The summed E-state index contributed by atoms with van der Waals surface area (Å²) in [5, 5.41) is 0. The average molecular weight is 150 g/mol. The van der Waals surface area contributed by atoms with Gasteiger partial charge in [-0.2, -0.15) is 0 Å². The second-order valence-corrected chi connectivity index (χ2v) is 3.55. The van der Waals surface area contributed by atoms with Gasteiger partial charge >= 0.3 is 0 Å². The largest absolute Gasteiger partial charge is 0.374 e. The van der Waals surface area contributed by atoms with Gasteiger partial charge in [0.2, 0.25) is 0 Å². The minimum Gasteiger partial charge on any atom is -0.374 e. The molecule has 0 aromatic carbocycles. The van der Waals surface area contributed by atoms with Gasteiger partial charge in [-0.25, -0.2) is 0 Å². The molecule has 2 aliphatic rings. The molecular weight excluding hydrogens is 136 g/mol. The molecule has 0 heterocycles. The highest BCUT2D eigenvalue weighted by atomic mass is 16.5. The van der Waals surface area contributed by atoms with Crippen LogP contribution < -0.4 is 0 Å². The van der Waals surface area contributed by atoms with E-state index in [-0.39, 0.29) is 5.60 Å². The van der Waals surface area contributed by atoms with E-state index in [0.29, 0.717) is 5.92 Å². The molecule has 0 radical (unpaired) electrons. The molecule has 3 atom stereocenters. The van der Waals surface area contributed by atoms with Crippen LogP contribution in [-0.4, -0.2) is 12.7 Å². The smallest absolute Gasteiger partial charge is 0.0924 e. The number of allylic oxidation sites excluding steroid dienone is 1. The van der Waals surface area contributed by atoms with Crippen LogP contribution in [0.5, 0.6) is 0 Å². The summed E-state index contributed by atoms with van der Waals surface area (Å²) in [7, 11) is 1.79. The Morgan fingerprint density at radius 3 is 2.73 bits per heavy atom. The van der Waals surface area contributed by atoms with Gasteiger partial charge < -0.3 is 4.74 Å². The zero-order valence-electron chi connectivity index (χ0n) is 6.92. The number of fused-ring (bicyclic) bond motifs is 2. The van der Waals surface area contributed by atoms with Crippen molar-refractivity contribution in [2.75, 3.05) is 7.11 Å². The molecule has 60 valence electrons. The van der Waals surface area contributed by atoms with Crippen molar-refractivity contribution in [3.05, 3.63) is 24.8 Å². The van der Waals surface area contributed by atoms with Gasteiger partial charge in [0.1, 0.15) is 0 Å². The highest BCUT2D eigenvalue weighted by molar-refractivity contribution is 5.22. The molecule has 1 fully saturated rings. The summed E-state index contributed by atoms with van der Waals surface area (Å²) in [6, 6.07) is 0. The third kappa shape index (κ3) is 0.807. The Morgan fingerprint density at radius 2 is 2.45 bits per heavy atom. The lowest BCUT2D eigenvalue weighted by atomic mass is 9.88. The summed E-state index contributed by atoms with van der Waals surface area (Å²) in [5.74, 6) is 1.34. The first-order chi connectivity index (χ1) is 5.30. The van der Waals surface area contributed by atoms with E-state index in [1.54, 1.807) is 7.11 Å². The number of ether oxygens (including phenoxy) is 1. The monoisotopic (exact) mass is 150 g/mol. The van der Waals surface area contributed by atoms with Crippen molar-refractivity contribution < 1.29 is 4.74 Å². The second kappa shape index (κ2) is 2.21. The topological polar surface area (TPSA) is 9.23 Å². The van der Waals surface area contributed by atoms with E-state index in [1.807, 2.05) is 6.08 Å². The van der Waals surface area contributed by atoms with Crippen molar-refractivity contribution in [2.24, 2.45) is 11.8 Å². The van der Waals surface area contributed by atoms with Crippen LogP contribution >= 0.6 is 0 Å².